The lowest BCUT2D eigenvalue weighted by molar-refractivity contribution is 0.131. The number of aromatic nitrogens is 2. The summed E-state index contributed by atoms with van der Waals surface area (Å²) < 4.78 is 10.9. The Labute approximate surface area is 127 Å². The van der Waals surface area contributed by atoms with Gasteiger partial charge in [0.1, 0.15) is 6.33 Å². The highest BCUT2D eigenvalue weighted by Crippen LogP contribution is 2.28. The van der Waals surface area contributed by atoms with Gasteiger partial charge >= 0.3 is 0 Å². The standard InChI is InChI=1S/C15H28N4O2/c1-4-6-10-21-11-7-9-17-15-13(20-3)14(16-8-5-2)18-12-19-15/h12H,4-11H2,1-3H3,(H2,16,17,18,19). The van der Waals surface area contributed by atoms with E-state index in [1.54, 1.807) is 13.4 Å². The Morgan fingerprint density at radius 2 is 1.62 bits per heavy atom. The summed E-state index contributed by atoms with van der Waals surface area (Å²) in [5, 5.41) is 6.51. The third-order valence-electron chi connectivity index (χ3n) is 2.95. The minimum Gasteiger partial charge on any atom is -0.490 e. The van der Waals surface area contributed by atoms with E-state index in [9.17, 15) is 0 Å². The van der Waals surface area contributed by atoms with Crippen LogP contribution in [-0.2, 0) is 4.74 Å². The van der Waals surface area contributed by atoms with Crippen LogP contribution >= 0.6 is 0 Å². The van der Waals surface area contributed by atoms with Crippen molar-refractivity contribution in [3.05, 3.63) is 6.33 Å². The Morgan fingerprint density at radius 1 is 0.952 bits per heavy atom. The molecule has 6 heteroatoms. The van der Waals surface area contributed by atoms with Crippen LogP contribution in [0, 0.1) is 0 Å². The second-order valence-corrected chi connectivity index (χ2v) is 4.78. The van der Waals surface area contributed by atoms with Gasteiger partial charge in [0.05, 0.1) is 7.11 Å². The van der Waals surface area contributed by atoms with Gasteiger partial charge in [-0.3, -0.25) is 0 Å². The van der Waals surface area contributed by atoms with Crippen LogP contribution in [0.4, 0.5) is 11.6 Å². The molecule has 0 saturated heterocycles. The molecule has 0 radical (unpaired) electrons. The minimum absolute atomic E-state index is 0.665. The van der Waals surface area contributed by atoms with Gasteiger partial charge in [-0.05, 0) is 19.3 Å². The Bertz CT molecular complexity index is 388. The number of nitrogens with zero attached hydrogens (tertiary/aromatic N) is 2. The van der Waals surface area contributed by atoms with Gasteiger partial charge in [-0.25, -0.2) is 9.97 Å². The van der Waals surface area contributed by atoms with Gasteiger partial charge in [0.2, 0.25) is 5.75 Å². The van der Waals surface area contributed by atoms with E-state index in [0.717, 1.165) is 57.2 Å². The molecule has 1 heterocycles. The van der Waals surface area contributed by atoms with Crippen molar-refractivity contribution in [1.29, 1.82) is 0 Å². The third kappa shape index (κ3) is 6.62. The molecular weight excluding hydrogens is 268 g/mol. The molecule has 0 aliphatic carbocycles. The minimum atomic E-state index is 0.665. The van der Waals surface area contributed by atoms with Gasteiger partial charge in [-0.2, -0.15) is 0 Å². The lowest BCUT2D eigenvalue weighted by Gasteiger charge is -2.13. The van der Waals surface area contributed by atoms with Gasteiger partial charge in [-0.1, -0.05) is 20.3 Å². The first-order valence-corrected chi connectivity index (χ1v) is 7.77. The highest BCUT2D eigenvalue weighted by atomic mass is 16.5. The zero-order valence-electron chi connectivity index (χ0n) is 13.4. The average molecular weight is 296 g/mol. The highest BCUT2D eigenvalue weighted by Gasteiger charge is 2.10. The molecule has 1 aromatic rings. The Kier molecular flexibility index (Phi) is 9.28. The van der Waals surface area contributed by atoms with E-state index >= 15 is 0 Å². The van der Waals surface area contributed by atoms with Gasteiger partial charge in [-0.15, -0.1) is 0 Å². The zero-order valence-corrected chi connectivity index (χ0v) is 13.4. The number of nitrogens with one attached hydrogen (secondary N) is 2. The molecule has 21 heavy (non-hydrogen) atoms. The van der Waals surface area contributed by atoms with Crippen molar-refractivity contribution in [3.63, 3.8) is 0 Å². The average Bonchev–Trinajstić information content (AvgIpc) is 2.52. The first-order valence-electron chi connectivity index (χ1n) is 7.77. The summed E-state index contributed by atoms with van der Waals surface area (Å²) >= 11 is 0. The summed E-state index contributed by atoms with van der Waals surface area (Å²) in [6, 6.07) is 0. The van der Waals surface area contributed by atoms with Crippen LogP contribution in [0.25, 0.3) is 0 Å². The van der Waals surface area contributed by atoms with Crippen LogP contribution in [-0.4, -0.2) is 43.4 Å². The number of anilines is 2. The first kappa shape index (κ1) is 17.5. The predicted octanol–water partition coefficient (Wildman–Crippen LogP) is 2.93. The molecule has 0 amide bonds. The molecular formula is C15H28N4O2. The molecule has 1 rings (SSSR count). The van der Waals surface area contributed by atoms with Crippen LogP contribution in [0.5, 0.6) is 5.75 Å². The number of hydrogen-bond acceptors (Lipinski definition) is 6. The summed E-state index contributed by atoms with van der Waals surface area (Å²) in [7, 11) is 1.63. The fourth-order valence-corrected chi connectivity index (χ4v) is 1.79. The highest BCUT2D eigenvalue weighted by molar-refractivity contribution is 5.63. The SMILES string of the molecule is CCCCOCCCNc1ncnc(NCCC)c1OC. The molecule has 6 nitrogen and oxygen atoms in total. The molecule has 0 spiro atoms. The van der Waals surface area contributed by atoms with Crippen LogP contribution in [0.3, 0.4) is 0 Å². The maximum atomic E-state index is 5.53. The van der Waals surface area contributed by atoms with E-state index in [-0.39, 0.29) is 0 Å². The van der Waals surface area contributed by atoms with Gasteiger partial charge in [0.15, 0.2) is 11.6 Å². The molecule has 0 fully saturated rings. The Morgan fingerprint density at radius 3 is 2.24 bits per heavy atom. The number of unbranched alkanes of at least 4 members (excludes halogenated alkanes) is 1. The maximum absolute atomic E-state index is 5.53. The summed E-state index contributed by atoms with van der Waals surface area (Å²) in [4.78, 5) is 8.45. The molecule has 0 aromatic carbocycles. The zero-order chi connectivity index (χ0) is 15.3. The van der Waals surface area contributed by atoms with Crippen molar-refractivity contribution in [1.82, 2.24) is 9.97 Å². The molecule has 0 atom stereocenters. The van der Waals surface area contributed by atoms with Crippen LogP contribution < -0.4 is 15.4 Å². The van der Waals surface area contributed by atoms with E-state index < -0.39 is 0 Å². The lowest BCUT2D eigenvalue weighted by atomic mass is 10.3. The molecule has 1 aromatic heterocycles. The van der Waals surface area contributed by atoms with Crippen molar-refractivity contribution in [3.8, 4) is 5.75 Å². The van der Waals surface area contributed by atoms with Gasteiger partial charge in [0.25, 0.3) is 0 Å². The molecule has 120 valence electrons. The van der Waals surface area contributed by atoms with Crippen molar-refractivity contribution in [2.24, 2.45) is 0 Å². The Hall–Kier alpha value is -1.56. The fourth-order valence-electron chi connectivity index (χ4n) is 1.79. The molecule has 0 aliphatic heterocycles. The summed E-state index contributed by atoms with van der Waals surface area (Å²) in [6.07, 6.45) is 5.81. The van der Waals surface area contributed by atoms with Gasteiger partial charge in [0, 0.05) is 26.3 Å². The smallest absolute Gasteiger partial charge is 0.204 e. The number of rotatable bonds is 12. The van der Waals surface area contributed by atoms with E-state index in [0.29, 0.717) is 5.75 Å². The fraction of sp³-hybridized carbons (Fsp3) is 0.733. The predicted molar refractivity (Wildman–Crippen MR) is 86.2 cm³/mol. The van der Waals surface area contributed by atoms with E-state index in [1.807, 2.05) is 0 Å². The van der Waals surface area contributed by atoms with Crippen molar-refractivity contribution in [2.75, 3.05) is 44.0 Å². The topological polar surface area (TPSA) is 68.3 Å². The van der Waals surface area contributed by atoms with Crippen molar-refractivity contribution in [2.45, 2.75) is 39.5 Å². The van der Waals surface area contributed by atoms with E-state index in [2.05, 4.69) is 34.4 Å². The maximum Gasteiger partial charge on any atom is 0.204 e. The second-order valence-electron chi connectivity index (χ2n) is 4.78. The molecule has 0 aliphatic rings. The molecule has 0 bridgehead atoms. The van der Waals surface area contributed by atoms with Gasteiger partial charge < -0.3 is 20.1 Å². The third-order valence-corrected chi connectivity index (χ3v) is 2.95. The monoisotopic (exact) mass is 296 g/mol. The Balaban J connectivity index is 2.39. The summed E-state index contributed by atoms with van der Waals surface area (Å²) in [5.41, 5.74) is 0. The summed E-state index contributed by atoms with van der Waals surface area (Å²) in [6.45, 7) is 7.54. The van der Waals surface area contributed by atoms with E-state index in [1.165, 1.54) is 6.42 Å². The first-order chi connectivity index (χ1) is 10.3. The molecule has 2 N–H and O–H groups in total. The van der Waals surface area contributed by atoms with Crippen molar-refractivity contribution >= 4 is 11.6 Å². The quantitative estimate of drug-likeness (QED) is 0.578. The van der Waals surface area contributed by atoms with Crippen LogP contribution in [0.2, 0.25) is 0 Å². The molecule has 0 unspecified atom stereocenters. The normalized spacial score (nSPS) is 10.4. The van der Waals surface area contributed by atoms with Crippen LogP contribution in [0.1, 0.15) is 39.5 Å². The van der Waals surface area contributed by atoms with E-state index in [4.69, 9.17) is 9.47 Å². The molecule has 0 saturated carbocycles. The van der Waals surface area contributed by atoms with Crippen LogP contribution in [0.15, 0.2) is 6.33 Å². The van der Waals surface area contributed by atoms with Crippen molar-refractivity contribution < 1.29 is 9.47 Å². The number of ether oxygens (including phenoxy) is 2. The summed E-state index contributed by atoms with van der Waals surface area (Å²) in [5.74, 6) is 2.12. The largest absolute Gasteiger partial charge is 0.490 e. The second kappa shape index (κ2) is 11.1. The number of methoxy groups -OCH3 is 1. The lowest BCUT2D eigenvalue weighted by Crippen LogP contribution is -2.11. The number of hydrogen-bond donors (Lipinski definition) is 2.